The number of ether oxygens (including phenoxy) is 1. The van der Waals surface area contributed by atoms with Crippen molar-refractivity contribution in [3.05, 3.63) is 65.4 Å². The summed E-state index contributed by atoms with van der Waals surface area (Å²) in [5.41, 5.74) is 2.19. The highest BCUT2D eigenvalue weighted by Gasteiger charge is 2.19. The number of furan rings is 1. The van der Waals surface area contributed by atoms with Gasteiger partial charge in [-0.05, 0) is 32.0 Å². The Bertz CT molecular complexity index is 1000. The van der Waals surface area contributed by atoms with Crippen molar-refractivity contribution in [3.63, 3.8) is 0 Å². The minimum absolute atomic E-state index is 0.0811. The molecule has 0 saturated heterocycles. The highest BCUT2D eigenvalue weighted by Crippen LogP contribution is 2.25. The maximum Gasteiger partial charge on any atom is 0.375 e. The number of anilines is 1. The Balaban J connectivity index is 1.63. The fourth-order valence-corrected chi connectivity index (χ4v) is 2.58. The molecule has 3 aromatic rings. The summed E-state index contributed by atoms with van der Waals surface area (Å²) in [6.45, 7) is 2.74. The molecular formula is C20H17NO5. The lowest BCUT2D eigenvalue weighted by Crippen LogP contribution is -2.21. The normalized spacial score (nSPS) is 10.5. The molecule has 0 aliphatic heterocycles. The largest absolute Gasteiger partial charge is 0.450 e. The molecule has 0 bridgehead atoms. The number of benzene rings is 2. The van der Waals surface area contributed by atoms with E-state index in [0.29, 0.717) is 22.4 Å². The molecule has 1 amide bonds. The summed E-state index contributed by atoms with van der Waals surface area (Å²) in [4.78, 5) is 35.5. The van der Waals surface area contributed by atoms with Gasteiger partial charge in [0.05, 0.1) is 0 Å². The van der Waals surface area contributed by atoms with Gasteiger partial charge >= 0.3 is 5.97 Å². The Morgan fingerprint density at radius 3 is 2.58 bits per heavy atom. The molecule has 0 atom stereocenters. The number of esters is 1. The van der Waals surface area contributed by atoms with Crippen molar-refractivity contribution < 1.29 is 23.5 Å². The zero-order valence-corrected chi connectivity index (χ0v) is 14.4. The molecule has 1 heterocycles. The number of amides is 1. The average Bonchev–Trinajstić information content (AvgIpc) is 2.97. The van der Waals surface area contributed by atoms with Gasteiger partial charge in [-0.3, -0.25) is 9.59 Å². The number of carbonyl (C=O) groups is 3. The first-order valence-corrected chi connectivity index (χ1v) is 8.02. The number of para-hydroxylation sites is 1. The van der Waals surface area contributed by atoms with Crippen molar-refractivity contribution in [2.45, 2.75) is 13.8 Å². The van der Waals surface area contributed by atoms with Crippen molar-refractivity contribution in [2.24, 2.45) is 0 Å². The molecule has 0 fully saturated rings. The molecule has 6 nitrogen and oxygen atoms in total. The van der Waals surface area contributed by atoms with Gasteiger partial charge in [-0.25, -0.2) is 4.79 Å². The van der Waals surface area contributed by atoms with E-state index in [1.165, 1.54) is 6.92 Å². The minimum atomic E-state index is -0.702. The third kappa shape index (κ3) is 3.64. The molecule has 6 heteroatoms. The van der Waals surface area contributed by atoms with E-state index in [1.54, 1.807) is 37.3 Å². The number of carbonyl (C=O) groups excluding carboxylic acids is 3. The fourth-order valence-electron chi connectivity index (χ4n) is 2.58. The monoisotopic (exact) mass is 351 g/mol. The molecular weight excluding hydrogens is 334 g/mol. The molecule has 0 aliphatic carbocycles. The Morgan fingerprint density at radius 2 is 1.85 bits per heavy atom. The van der Waals surface area contributed by atoms with Crippen molar-refractivity contribution in [2.75, 3.05) is 11.9 Å². The van der Waals surface area contributed by atoms with E-state index < -0.39 is 18.5 Å². The standard InChI is InChI=1S/C20H17NO5/c1-12-16-8-3-4-9-17(16)26-19(12)20(24)25-11-18(23)21-15-7-5-6-14(10-15)13(2)22/h3-10H,11H2,1-2H3,(H,21,23). The number of rotatable bonds is 5. The molecule has 26 heavy (non-hydrogen) atoms. The van der Waals surface area contributed by atoms with Gasteiger partial charge in [0.25, 0.3) is 5.91 Å². The number of Topliss-reactive ketones (excluding diaryl/α,β-unsaturated/α-hetero) is 1. The third-order valence-corrected chi connectivity index (χ3v) is 3.92. The first kappa shape index (κ1) is 17.4. The molecule has 1 aromatic heterocycles. The lowest BCUT2D eigenvalue weighted by atomic mass is 10.1. The van der Waals surface area contributed by atoms with E-state index in [4.69, 9.17) is 9.15 Å². The van der Waals surface area contributed by atoms with Crippen molar-refractivity contribution in [1.29, 1.82) is 0 Å². The van der Waals surface area contributed by atoms with Gasteiger partial charge in [-0.15, -0.1) is 0 Å². The smallest absolute Gasteiger partial charge is 0.375 e. The van der Waals surface area contributed by atoms with Crippen molar-refractivity contribution in [3.8, 4) is 0 Å². The maximum atomic E-state index is 12.2. The van der Waals surface area contributed by atoms with E-state index >= 15 is 0 Å². The summed E-state index contributed by atoms with van der Waals surface area (Å²) in [7, 11) is 0. The van der Waals surface area contributed by atoms with Crippen molar-refractivity contribution >= 4 is 34.3 Å². The van der Waals surface area contributed by atoms with Crippen LogP contribution >= 0.6 is 0 Å². The van der Waals surface area contributed by atoms with Crippen LogP contribution in [0.4, 0.5) is 5.69 Å². The molecule has 0 radical (unpaired) electrons. The number of hydrogen-bond acceptors (Lipinski definition) is 5. The molecule has 0 spiro atoms. The molecule has 0 aliphatic rings. The maximum absolute atomic E-state index is 12.2. The summed E-state index contributed by atoms with van der Waals surface area (Å²) >= 11 is 0. The second-order valence-corrected chi connectivity index (χ2v) is 5.81. The van der Waals surface area contributed by atoms with E-state index in [0.717, 1.165) is 5.39 Å². The van der Waals surface area contributed by atoms with Gasteiger partial charge in [0, 0.05) is 22.2 Å². The summed E-state index contributed by atoms with van der Waals surface area (Å²) in [6.07, 6.45) is 0. The first-order chi connectivity index (χ1) is 12.5. The fraction of sp³-hybridized carbons (Fsp3) is 0.150. The Labute approximate surface area is 149 Å². The van der Waals surface area contributed by atoms with Crippen LogP contribution in [0.1, 0.15) is 33.4 Å². The number of ketones is 1. The third-order valence-electron chi connectivity index (χ3n) is 3.92. The summed E-state index contributed by atoms with van der Waals surface area (Å²) < 4.78 is 10.5. The van der Waals surface area contributed by atoms with Gasteiger partial charge in [-0.1, -0.05) is 30.3 Å². The van der Waals surface area contributed by atoms with Crippen LogP contribution in [0.5, 0.6) is 0 Å². The van der Waals surface area contributed by atoms with Crippen LogP contribution in [-0.2, 0) is 9.53 Å². The van der Waals surface area contributed by atoms with Crippen LogP contribution < -0.4 is 5.32 Å². The van der Waals surface area contributed by atoms with E-state index in [-0.39, 0.29) is 11.5 Å². The molecule has 1 N–H and O–H groups in total. The Morgan fingerprint density at radius 1 is 1.08 bits per heavy atom. The average molecular weight is 351 g/mol. The van der Waals surface area contributed by atoms with Crippen LogP contribution in [0.15, 0.2) is 52.9 Å². The van der Waals surface area contributed by atoms with Crippen LogP contribution in [0.3, 0.4) is 0 Å². The number of hydrogen-bond donors (Lipinski definition) is 1. The predicted octanol–water partition coefficient (Wildman–Crippen LogP) is 3.74. The predicted molar refractivity (Wildman–Crippen MR) is 96.3 cm³/mol. The van der Waals surface area contributed by atoms with Crippen LogP contribution in [0.25, 0.3) is 11.0 Å². The van der Waals surface area contributed by atoms with Gasteiger partial charge in [0.2, 0.25) is 5.76 Å². The first-order valence-electron chi connectivity index (χ1n) is 8.02. The van der Waals surface area contributed by atoms with E-state index in [9.17, 15) is 14.4 Å². The second-order valence-electron chi connectivity index (χ2n) is 5.81. The zero-order valence-electron chi connectivity index (χ0n) is 14.4. The van der Waals surface area contributed by atoms with Crippen LogP contribution in [0.2, 0.25) is 0 Å². The van der Waals surface area contributed by atoms with E-state index in [1.807, 2.05) is 18.2 Å². The quantitative estimate of drug-likeness (QED) is 0.559. The SMILES string of the molecule is CC(=O)c1cccc(NC(=O)COC(=O)c2oc3ccccc3c2C)c1. The molecule has 132 valence electrons. The molecule has 0 saturated carbocycles. The van der Waals surface area contributed by atoms with Crippen molar-refractivity contribution in [1.82, 2.24) is 0 Å². The number of nitrogens with one attached hydrogen (secondary N) is 1. The van der Waals surface area contributed by atoms with Gasteiger partial charge in [0.1, 0.15) is 5.58 Å². The van der Waals surface area contributed by atoms with E-state index in [2.05, 4.69) is 5.32 Å². The summed E-state index contributed by atoms with van der Waals surface area (Å²) in [5.74, 6) is -1.23. The molecule has 3 rings (SSSR count). The molecule has 0 unspecified atom stereocenters. The highest BCUT2D eigenvalue weighted by molar-refractivity contribution is 5.99. The highest BCUT2D eigenvalue weighted by atomic mass is 16.5. The topological polar surface area (TPSA) is 85.6 Å². The lowest BCUT2D eigenvalue weighted by Gasteiger charge is -2.07. The van der Waals surface area contributed by atoms with Gasteiger partial charge < -0.3 is 14.5 Å². The van der Waals surface area contributed by atoms with Crippen LogP contribution in [0, 0.1) is 6.92 Å². The van der Waals surface area contributed by atoms with Crippen LogP contribution in [-0.4, -0.2) is 24.3 Å². The number of aryl methyl sites for hydroxylation is 1. The van der Waals surface area contributed by atoms with Gasteiger partial charge in [0.15, 0.2) is 12.4 Å². The summed E-state index contributed by atoms with van der Waals surface area (Å²) in [6, 6.07) is 13.8. The lowest BCUT2D eigenvalue weighted by molar-refractivity contribution is -0.119. The molecule has 2 aromatic carbocycles. The number of fused-ring (bicyclic) bond motifs is 1. The van der Waals surface area contributed by atoms with Gasteiger partial charge in [-0.2, -0.15) is 0 Å². The Kier molecular flexibility index (Phi) is 4.84. The minimum Gasteiger partial charge on any atom is -0.450 e. The zero-order chi connectivity index (χ0) is 18.7. The summed E-state index contributed by atoms with van der Waals surface area (Å²) in [5, 5.41) is 3.41. The second kappa shape index (κ2) is 7.23. The Hall–Kier alpha value is -3.41.